The Balaban J connectivity index is 2.03. The largest absolute Gasteiger partial charge is 0.450 e. The summed E-state index contributed by atoms with van der Waals surface area (Å²) in [6.45, 7) is 7.12. The molecule has 0 aromatic heterocycles. The fourth-order valence-electron chi connectivity index (χ4n) is 2.21. The molecule has 0 aliphatic heterocycles. The van der Waals surface area contributed by atoms with Crippen molar-refractivity contribution in [3.63, 3.8) is 0 Å². The molecule has 1 rings (SSSR count). The highest BCUT2D eigenvalue weighted by molar-refractivity contribution is 5.79. The molecule has 1 fully saturated rings. The minimum absolute atomic E-state index is 0.111. The van der Waals surface area contributed by atoms with Crippen LogP contribution in [0.3, 0.4) is 0 Å². The van der Waals surface area contributed by atoms with Crippen molar-refractivity contribution in [1.82, 2.24) is 5.32 Å². The van der Waals surface area contributed by atoms with E-state index in [9.17, 15) is 9.59 Å². The molecule has 0 saturated heterocycles. The summed E-state index contributed by atoms with van der Waals surface area (Å²) in [5.41, 5.74) is 0.344. The maximum Gasteiger partial charge on any atom is 0.407 e. The van der Waals surface area contributed by atoms with Crippen molar-refractivity contribution in [1.29, 1.82) is 0 Å². The fraction of sp³-hybridized carbons (Fsp3) is 0.867. The van der Waals surface area contributed by atoms with E-state index in [1.165, 1.54) is 0 Å². The van der Waals surface area contributed by atoms with Gasteiger partial charge in [-0.05, 0) is 37.5 Å². The molecule has 0 heterocycles. The van der Waals surface area contributed by atoms with Crippen molar-refractivity contribution in [3.05, 3.63) is 0 Å². The summed E-state index contributed by atoms with van der Waals surface area (Å²) in [5.74, 6) is 0.300. The normalized spacial score (nSPS) is 17.3. The Hall–Kier alpha value is -1.06. The first-order valence-electron chi connectivity index (χ1n) is 7.32. The van der Waals surface area contributed by atoms with Gasteiger partial charge >= 0.3 is 6.09 Å². The standard InChI is InChI=1S/C15H27NO3/c1-15(2,3)10-4-5-11-19-14(18)16-12-6-8-13(17)9-7-12/h12H,4-11H2,1-3H3,(H,16,18). The number of nitrogens with one attached hydrogen (secondary N) is 1. The van der Waals surface area contributed by atoms with Gasteiger partial charge in [-0.15, -0.1) is 0 Å². The van der Waals surface area contributed by atoms with E-state index in [1.807, 2.05) is 0 Å². The third-order valence-electron chi connectivity index (χ3n) is 3.42. The number of hydrogen-bond acceptors (Lipinski definition) is 3. The minimum atomic E-state index is -0.338. The number of amides is 1. The summed E-state index contributed by atoms with van der Waals surface area (Å²) in [4.78, 5) is 22.6. The summed E-state index contributed by atoms with van der Waals surface area (Å²) >= 11 is 0. The number of carbonyl (C=O) groups excluding carboxylic acids is 2. The Labute approximate surface area is 116 Å². The molecule has 1 aliphatic carbocycles. The fourth-order valence-corrected chi connectivity index (χ4v) is 2.21. The molecule has 0 unspecified atom stereocenters. The lowest BCUT2D eigenvalue weighted by atomic mass is 9.90. The third-order valence-corrected chi connectivity index (χ3v) is 3.42. The Kier molecular flexibility index (Phi) is 6.32. The average molecular weight is 269 g/mol. The van der Waals surface area contributed by atoms with Crippen LogP contribution in [0.1, 0.15) is 65.7 Å². The maximum absolute atomic E-state index is 11.5. The molecule has 1 amide bonds. The molecule has 0 bridgehead atoms. The number of rotatable bonds is 5. The molecule has 0 aromatic rings. The van der Waals surface area contributed by atoms with Gasteiger partial charge in [0.15, 0.2) is 0 Å². The Morgan fingerprint density at radius 3 is 2.47 bits per heavy atom. The lowest BCUT2D eigenvalue weighted by Crippen LogP contribution is -2.38. The van der Waals surface area contributed by atoms with Crippen LogP contribution in [0.4, 0.5) is 4.79 Å². The van der Waals surface area contributed by atoms with Crippen LogP contribution >= 0.6 is 0 Å². The van der Waals surface area contributed by atoms with Crippen molar-refractivity contribution < 1.29 is 14.3 Å². The minimum Gasteiger partial charge on any atom is -0.450 e. The Bertz CT molecular complexity index is 297. The lowest BCUT2D eigenvalue weighted by Gasteiger charge is -2.22. The maximum atomic E-state index is 11.5. The highest BCUT2D eigenvalue weighted by atomic mass is 16.5. The van der Waals surface area contributed by atoms with Crippen LogP contribution in [0.15, 0.2) is 0 Å². The van der Waals surface area contributed by atoms with Crippen molar-refractivity contribution in [2.45, 2.75) is 71.8 Å². The van der Waals surface area contributed by atoms with Crippen LogP contribution in [0.5, 0.6) is 0 Å². The topological polar surface area (TPSA) is 55.4 Å². The summed E-state index contributed by atoms with van der Waals surface area (Å²) in [7, 11) is 0. The van der Waals surface area contributed by atoms with Gasteiger partial charge in [0.1, 0.15) is 5.78 Å². The Morgan fingerprint density at radius 1 is 1.26 bits per heavy atom. The quantitative estimate of drug-likeness (QED) is 0.778. The number of hydrogen-bond donors (Lipinski definition) is 1. The van der Waals surface area contributed by atoms with Gasteiger partial charge in [0, 0.05) is 18.9 Å². The van der Waals surface area contributed by atoms with Gasteiger partial charge in [0.05, 0.1) is 6.61 Å². The average Bonchev–Trinajstić information content (AvgIpc) is 2.30. The highest BCUT2D eigenvalue weighted by Crippen LogP contribution is 2.21. The second-order valence-electron chi connectivity index (χ2n) is 6.61. The van der Waals surface area contributed by atoms with Crippen LogP contribution < -0.4 is 5.32 Å². The van der Waals surface area contributed by atoms with E-state index < -0.39 is 0 Å². The molecule has 1 N–H and O–H groups in total. The molecular weight excluding hydrogens is 242 g/mol. The van der Waals surface area contributed by atoms with Crippen LogP contribution in [-0.4, -0.2) is 24.5 Å². The summed E-state index contributed by atoms with van der Waals surface area (Å²) in [6.07, 6.45) is 5.45. The molecule has 110 valence electrons. The summed E-state index contributed by atoms with van der Waals surface area (Å²) in [5, 5.41) is 2.83. The summed E-state index contributed by atoms with van der Waals surface area (Å²) in [6, 6.07) is 0.111. The first-order chi connectivity index (χ1) is 8.87. The molecule has 4 heteroatoms. The van der Waals surface area contributed by atoms with E-state index >= 15 is 0 Å². The highest BCUT2D eigenvalue weighted by Gasteiger charge is 2.20. The molecule has 4 nitrogen and oxygen atoms in total. The van der Waals surface area contributed by atoms with Gasteiger partial charge in [-0.2, -0.15) is 0 Å². The first-order valence-corrected chi connectivity index (χ1v) is 7.32. The van der Waals surface area contributed by atoms with Crippen molar-refractivity contribution in [3.8, 4) is 0 Å². The lowest BCUT2D eigenvalue weighted by molar-refractivity contribution is -0.120. The smallest absolute Gasteiger partial charge is 0.407 e. The molecule has 0 spiro atoms. The first kappa shape index (κ1) is 16.0. The number of unbranched alkanes of at least 4 members (excludes halogenated alkanes) is 1. The van der Waals surface area contributed by atoms with E-state index in [0.29, 0.717) is 30.6 Å². The van der Waals surface area contributed by atoms with Gasteiger partial charge in [0.2, 0.25) is 0 Å². The zero-order chi connectivity index (χ0) is 14.3. The van der Waals surface area contributed by atoms with Crippen LogP contribution in [0.2, 0.25) is 0 Å². The molecule has 0 aromatic carbocycles. The Morgan fingerprint density at radius 2 is 1.89 bits per heavy atom. The van der Waals surface area contributed by atoms with E-state index in [4.69, 9.17) is 4.74 Å². The molecule has 19 heavy (non-hydrogen) atoms. The van der Waals surface area contributed by atoms with Gasteiger partial charge in [-0.3, -0.25) is 4.79 Å². The summed E-state index contributed by atoms with van der Waals surface area (Å²) < 4.78 is 5.15. The van der Waals surface area contributed by atoms with Crippen molar-refractivity contribution in [2.75, 3.05) is 6.61 Å². The van der Waals surface area contributed by atoms with Crippen LogP contribution in [0.25, 0.3) is 0 Å². The molecule has 0 atom stereocenters. The van der Waals surface area contributed by atoms with Crippen LogP contribution in [-0.2, 0) is 9.53 Å². The number of ketones is 1. The van der Waals surface area contributed by atoms with Gasteiger partial charge in [0.25, 0.3) is 0 Å². The third kappa shape index (κ3) is 7.85. The van der Waals surface area contributed by atoms with Crippen molar-refractivity contribution >= 4 is 11.9 Å². The zero-order valence-electron chi connectivity index (χ0n) is 12.5. The van der Waals surface area contributed by atoms with Gasteiger partial charge < -0.3 is 10.1 Å². The second kappa shape index (κ2) is 7.51. The predicted octanol–water partition coefficient (Wildman–Crippen LogP) is 3.44. The van der Waals surface area contributed by atoms with E-state index in [2.05, 4.69) is 26.1 Å². The van der Waals surface area contributed by atoms with E-state index in [0.717, 1.165) is 32.1 Å². The van der Waals surface area contributed by atoms with Crippen LogP contribution in [0, 0.1) is 5.41 Å². The molecule has 1 aliphatic rings. The van der Waals surface area contributed by atoms with Gasteiger partial charge in [-0.1, -0.05) is 20.8 Å². The number of ether oxygens (including phenoxy) is 1. The zero-order valence-corrected chi connectivity index (χ0v) is 12.5. The number of carbonyl (C=O) groups is 2. The van der Waals surface area contributed by atoms with E-state index in [1.54, 1.807) is 0 Å². The molecular formula is C15H27NO3. The van der Waals surface area contributed by atoms with E-state index in [-0.39, 0.29) is 12.1 Å². The monoisotopic (exact) mass is 269 g/mol. The second-order valence-corrected chi connectivity index (χ2v) is 6.61. The SMILES string of the molecule is CC(C)(C)CCCCOC(=O)NC1CCC(=O)CC1. The number of alkyl carbamates (subject to hydrolysis) is 1. The van der Waals surface area contributed by atoms with Gasteiger partial charge in [-0.25, -0.2) is 4.79 Å². The molecule has 0 radical (unpaired) electrons. The predicted molar refractivity (Wildman–Crippen MR) is 75.1 cm³/mol. The number of Topliss-reactive ketones (excluding diaryl/α,β-unsaturated/α-hetero) is 1. The van der Waals surface area contributed by atoms with Crippen molar-refractivity contribution in [2.24, 2.45) is 5.41 Å². The molecule has 1 saturated carbocycles.